The minimum Gasteiger partial charge on any atom is -0.300 e. The fourth-order valence-electron chi connectivity index (χ4n) is 7.71. The molecule has 4 fully saturated rings. The molecular weight excluding hydrogens is 284 g/mol. The van der Waals surface area contributed by atoms with Crippen LogP contribution in [0.1, 0.15) is 78.6 Å². The van der Waals surface area contributed by atoms with Crippen molar-refractivity contribution < 1.29 is 9.59 Å². The average Bonchev–Trinajstić information content (AvgIpc) is 2.85. The summed E-state index contributed by atoms with van der Waals surface area (Å²) in [7, 11) is 0. The second-order valence-electron chi connectivity index (χ2n) is 9.68. The van der Waals surface area contributed by atoms with Gasteiger partial charge >= 0.3 is 0 Å². The number of hydrogen-bond acceptors (Lipinski definition) is 2. The zero-order valence-corrected chi connectivity index (χ0v) is 15.1. The van der Waals surface area contributed by atoms with E-state index < -0.39 is 0 Å². The summed E-state index contributed by atoms with van der Waals surface area (Å²) >= 11 is 0. The lowest BCUT2D eigenvalue weighted by Crippen LogP contribution is -2.53. The molecule has 4 saturated carbocycles. The van der Waals surface area contributed by atoms with Crippen LogP contribution in [0.4, 0.5) is 0 Å². The van der Waals surface area contributed by atoms with E-state index in [0.717, 1.165) is 43.4 Å². The molecule has 7 atom stereocenters. The van der Waals surface area contributed by atoms with Crippen molar-refractivity contribution in [1.82, 2.24) is 0 Å². The molecule has 0 amide bonds. The molecule has 2 heteroatoms. The lowest BCUT2D eigenvalue weighted by molar-refractivity contribution is -0.143. The van der Waals surface area contributed by atoms with Crippen molar-refractivity contribution in [1.29, 1.82) is 0 Å². The lowest BCUT2D eigenvalue weighted by Gasteiger charge is -2.60. The second-order valence-corrected chi connectivity index (χ2v) is 9.68. The van der Waals surface area contributed by atoms with E-state index in [-0.39, 0.29) is 5.41 Å². The third kappa shape index (κ3) is 2.12. The van der Waals surface area contributed by atoms with Crippen LogP contribution in [0.2, 0.25) is 0 Å². The van der Waals surface area contributed by atoms with Gasteiger partial charge in [-0.3, -0.25) is 9.59 Å². The van der Waals surface area contributed by atoms with Crippen molar-refractivity contribution in [3.63, 3.8) is 0 Å². The van der Waals surface area contributed by atoms with Crippen LogP contribution in [0.5, 0.6) is 0 Å². The molecule has 0 bridgehead atoms. The highest BCUT2D eigenvalue weighted by atomic mass is 16.1. The van der Waals surface area contributed by atoms with Gasteiger partial charge < -0.3 is 0 Å². The van der Waals surface area contributed by atoms with Crippen LogP contribution < -0.4 is 0 Å². The van der Waals surface area contributed by atoms with Crippen LogP contribution in [-0.4, -0.2) is 11.6 Å². The molecular formula is C21H32O2. The topological polar surface area (TPSA) is 34.1 Å². The Morgan fingerprint density at radius 2 is 1.70 bits per heavy atom. The van der Waals surface area contributed by atoms with Gasteiger partial charge in [0.05, 0.1) is 0 Å². The first-order valence-corrected chi connectivity index (χ1v) is 9.88. The third-order valence-electron chi connectivity index (χ3n) is 8.97. The van der Waals surface area contributed by atoms with E-state index in [1.165, 1.54) is 32.1 Å². The van der Waals surface area contributed by atoms with Gasteiger partial charge in [0, 0.05) is 18.8 Å². The summed E-state index contributed by atoms with van der Waals surface area (Å²) in [6, 6.07) is 0. The third-order valence-corrected chi connectivity index (χ3v) is 8.97. The van der Waals surface area contributed by atoms with Crippen LogP contribution in [0.3, 0.4) is 0 Å². The van der Waals surface area contributed by atoms with Gasteiger partial charge in [0.2, 0.25) is 0 Å². The van der Waals surface area contributed by atoms with Crippen molar-refractivity contribution in [2.24, 2.45) is 40.4 Å². The first-order valence-electron chi connectivity index (χ1n) is 9.88. The van der Waals surface area contributed by atoms with E-state index in [9.17, 15) is 9.59 Å². The zero-order chi connectivity index (χ0) is 16.4. The molecule has 0 saturated heterocycles. The Kier molecular flexibility index (Phi) is 3.56. The maximum absolute atomic E-state index is 12.2. The maximum Gasteiger partial charge on any atom is 0.133 e. The van der Waals surface area contributed by atoms with Crippen molar-refractivity contribution in [2.45, 2.75) is 78.6 Å². The molecule has 4 aliphatic rings. The molecule has 0 spiro atoms. The Hall–Kier alpha value is -0.660. The van der Waals surface area contributed by atoms with Crippen molar-refractivity contribution in [3.05, 3.63) is 0 Å². The minimum absolute atomic E-state index is 0.265. The molecule has 128 valence electrons. The summed E-state index contributed by atoms with van der Waals surface area (Å²) < 4.78 is 0. The van der Waals surface area contributed by atoms with Crippen LogP contribution in [-0.2, 0) is 9.59 Å². The van der Waals surface area contributed by atoms with E-state index in [1.807, 2.05) is 6.92 Å². The predicted molar refractivity (Wildman–Crippen MR) is 90.9 cm³/mol. The van der Waals surface area contributed by atoms with Gasteiger partial charge in [-0.1, -0.05) is 13.8 Å². The van der Waals surface area contributed by atoms with Gasteiger partial charge in [-0.05, 0) is 86.4 Å². The van der Waals surface area contributed by atoms with E-state index in [0.29, 0.717) is 28.8 Å². The lowest BCUT2D eigenvalue weighted by atomic mass is 9.44. The molecule has 0 aromatic carbocycles. The number of hydrogen-bond donors (Lipinski definition) is 0. The molecule has 0 N–H and O–H groups in total. The number of fused-ring (bicyclic) bond motifs is 5. The summed E-state index contributed by atoms with van der Waals surface area (Å²) in [6.45, 7) is 6.74. The molecule has 23 heavy (non-hydrogen) atoms. The van der Waals surface area contributed by atoms with Gasteiger partial charge in [-0.15, -0.1) is 0 Å². The van der Waals surface area contributed by atoms with Crippen LogP contribution in [0.25, 0.3) is 0 Å². The van der Waals surface area contributed by atoms with Crippen LogP contribution >= 0.6 is 0 Å². The average molecular weight is 316 g/mol. The number of rotatable bonds is 1. The molecule has 2 nitrogen and oxygen atoms in total. The summed E-state index contributed by atoms with van der Waals surface area (Å²) in [4.78, 5) is 24.1. The normalized spacial score (nSPS) is 52.5. The number of Topliss-reactive ketones (excluding diaryl/α,β-unsaturated/α-hetero) is 2. The molecule has 4 rings (SSSR count). The largest absolute Gasteiger partial charge is 0.300 e. The van der Waals surface area contributed by atoms with Crippen molar-refractivity contribution in [3.8, 4) is 0 Å². The number of carbonyl (C=O) groups excluding carboxylic acids is 2. The molecule has 4 aliphatic carbocycles. The Labute approximate surface area is 140 Å². The fourth-order valence-corrected chi connectivity index (χ4v) is 7.71. The highest BCUT2D eigenvalue weighted by molar-refractivity contribution is 5.80. The quantitative estimate of drug-likeness (QED) is 0.696. The minimum atomic E-state index is 0.265. The molecule has 0 aliphatic heterocycles. The van der Waals surface area contributed by atoms with E-state index in [2.05, 4.69) is 13.8 Å². The SMILES string of the molecule is CC(=O)[C@@H]1CC[C@H]2[C@H]3CC[C@H]4CC(=O)CC[C@]4(C)[C@@H]3CC[C@]12C. The summed E-state index contributed by atoms with van der Waals surface area (Å²) in [6.07, 6.45) is 10.3. The number of carbonyl (C=O) groups is 2. The molecule has 0 unspecified atom stereocenters. The molecule has 0 aromatic rings. The zero-order valence-electron chi connectivity index (χ0n) is 15.1. The Balaban J connectivity index is 1.63. The highest BCUT2D eigenvalue weighted by Gasteiger charge is 2.60. The first-order chi connectivity index (χ1) is 10.9. The van der Waals surface area contributed by atoms with E-state index >= 15 is 0 Å². The van der Waals surface area contributed by atoms with Crippen LogP contribution in [0.15, 0.2) is 0 Å². The Morgan fingerprint density at radius 1 is 0.957 bits per heavy atom. The molecule has 0 heterocycles. The predicted octanol–water partition coefficient (Wildman–Crippen LogP) is 4.80. The monoisotopic (exact) mass is 316 g/mol. The van der Waals surface area contributed by atoms with Gasteiger partial charge in [0.25, 0.3) is 0 Å². The van der Waals surface area contributed by atoms with E-state index in [1.54, 1.807) is 0 Å². The molecule has 0 radical (unpaired) electrons. The van der Waals surface area contributed by atoms with Gasteiger partial charge in [0.15, 0.2) is 0 Å². The summed E-state index contributed by atoms with van der Waals surface area (Å²) in [5.74, 6) is 4.25. The van der Waals surface area contributed by atoms with Crippen molar-refractivity contribution >= 4 is 11.6 Å². The maximum atomic E-state index is 12.2. The van der Waals surface area contributed by atoms with Crippen molar-refractivity contribution in [2.75, 3.05) is 0 Å². The first kappa shape index (κ1) is 15.8. The fraction of sp³-hybridized carbons (Fsp3) is 0.905. The second kappa shape index (κ2) is 5.17. The summed E-state index contributed by atoms with van der Waals surface area (Å²) in [5, 5.41) is 0. The Bertz CT molecular complexity index is 538. The molecule has 0 aromatic heterocycles. The van der Waals surface area contributed by atoms with Gasteiger partial charge in [-0.25, -0.2) is 0 Å². The standard InChI is InChI=1S/C21H32O2/c1-13(22)17-6-7-18-16-5-4-14-12-15(23)8-10-20(14,2)19(16)9-11-21(17,18)3/h14,16-19H,4-12H2,1-3H3/t14-,16+,17-,18-,19+,20-,21+/m0/s1. The van der Waals surface area contributed by atoms with Gasteiger partial charge in [0.1, 0.15) is 11.6 Å². The highest BCUT2D eigenvalue weighted by Crippen LogP contribution is 2.67. The summed E-state index contributed by atoms with van der Waals surface area (Å²) in [5.41, 5.74) is 0.660. The van der Waals surface area contributed by atoms with Crippen LogP contribution in [0, 0.1) is 40.4 Å². The smallest absolute Gasteiger partial charge is 0.133 e. The van der Waals surface area contributed by atoms with E-state index in [4.69, 9.17) is 0 Å². The Morgan fingerprint density at radius 3 is 2.43 bits per heavy atom. The number of ketones is 2. The van der Waals surface area contributed by atoms with Gasteiger partial charge in [-0.2, -0.15) is 0 Å².